The summed E-state index contributed by atoms with van der Waals surface area (Å²) in [6, 6.07) is 0.381. The number of hydrogen-bond donors (Lipinski definition) is 0. The van der Waals surface area contributed by atoms with Crippen molar-refractivity contribution in [1.82, 2.24) is 14.9 Å². The Kier molecular flexibility index (Phi) is 6.29. The zero-order valence-corrected chi connectivity index (χ0v) is 17.7. The molecule has 0 aliphatic carbocycles. The molecule has 2 aliphatic rings. The van der Waals surface area contributed by atoms with Crippen LogP contribution in [0.25, 0.3) is 0 Å². The van der Waals surface area contributed by atoms with E-state index in [0.717, 1.165) is 44.2 Å². The average Bonchev–Trinajstić information content (AvgIpc) is 2.87. The van der Waals surface area contributed by atoms with Crippen LogP contribution in [0.1, 0.15) is 60.3 Å². The van der Waals surface area contributed by atoms with Crippen LogP contribution in [-0.4, -0.2) is 58.8 Å². The number of hydrogen-bond acceptors (Lipinski definition) is 6. The molecule has 2 aliphatic heterocycles. The maximum Gasteiger partial charge on any atom is 0.498 e. The van der Waals surface area contributed by atoms with E-state index in [9.17, 15) is 4.79 Å². The molecule has 3 heterocycles. The molecule has 0 aromatic carbocycles. The number of aromatic nitrogens is 2. The molecular weight excluding hydrogens is 357 g/mol. The van der Waals surface area contributed by atoms with E-state index >= 15 is 0 Å². The van der Waals surface area contributed by atoms with Crippen molar-refractivity contribution in [3.8, 4) is 6.01 Å². The van der Waals surface area contributed by atoms with Crippen molar-refractivity contribution in [3.05, 3.63) is 12.4 Å². The summed E-state index contributed by atoms with van der Waals surface area (Å²) in [6.45, 7) is 12.1. The van der Waals surface area contributed by atoms with Gasteiger partial charge in [0, 0.05) is 37.9 Å². The van der Waals surface area contributed by atoms with E-state index < -0.39 is 7.12 Å². The summed E-state index contributed by atoms with van der Waals surface area (Å²) in [6.07, 6.45) is 7.66. The third-order valence-electron chi connectivity index (χ3n) is 6.22. The molecule has 7 nitrogen and oxygen atoms in total. The van der Waals surface area contributed by atoms with Crippen molar-refractivity contribution in [2.45, 2.75) is 71.5 Å². The standard InChI is InChI=1S/C20H32BN3O4/c1-15(25)24-10-8-16(9-11-24)7-6-12-26-18-22-13-17(14-23-18)21-27-19(2,3)20(4,5)28-21/h13-14,16H,6-12H2,1-5H3. The third-order valence-corrected chi connectivity index (χ3v) is 6.22. The monoisotopic (exact) mass is 389 g/mol. The summed E-state index contributed by atoms with van der Waals surface area (Å²) < 4.78 is 17.7. The Labute approximate surface area is 168 Å². The summed E-state index contributed by atoms with van der Waals surface area (Å²) in [4.78, 5) is 21.9. The summed E-state index contributed by atoms with van der Waals surface area (Å²) in [5.41, 5.74) is 0.0316. The third kappa shape index (κ3) is 4.84. The number of piperidine rings is 1. The smallest absolute Gasteiger partial charge is 0.463 e. The normalized spacial score (nSPS) is 21.8. The number of likely N-dealkylation sites (tertiary alicyclic amines) is 1. The van der Waals surface area contributed by atoms with E-state index in [0.29, 0.717) is 18.5 Å². The predicted octanol–water partition coefficient (Wildman–Crippen LogP) is 2.19. The molecule has 1 aromatic rings. The van der Waals surface area contributed by atoms with E-state index in [4.69, 9.17) is 14.0 Å². The molecule has 3 rings (SSSR count). The molecule has 8 heteroatoms. The van der Waals surface area contributed by atoms with Gasteiger partial charge in [0.2, 0.25) is 5.91 Å². The Balaban J connectivity index is 1.39. The molecule has 0 bridgehead atoms. The van der Waals surface area contributed by atoms with Crippen molar-refractivity contribution in [3.63, 3.8) is 0 Å². The van der Waals surface area contributed by atoms with Gasteiger partial charge in [-0.25, -0.2) is 9.97 Å². The molecule has 0 radical (unpaired) electrons. The largest absolute Gasteiger partial charge is 0.498 e. The lowest BCUT2D eigenvalue weighted by Gasteiger charge is -2.32. The Morgan fingerprint density at radius 2 is 1.75 bits per heavy atom. The summed E-state index contributed by atoms with van der Waals surface area (Å²) >= 11 is 0. The maximum atomic E-state index is 11.4. The fraction of sp³-hybridized carbons (Fsp3) is 0.750. The minimum Gasteiger partial charge on any atom is -0.463 e. The van der Waals surface area contributed by atoms with Gasteiger partial charge in [-0.05, 0) is 59.3 Å². The highest BCUT2D eigenvalue weighted by Crippen LogP contribution is 2.36. The highest BCUT2D eigenvalue weighted by atomic mass is 16.7. The van der Waals surface area contributed by atoms with E-state index in [1.807, 2.05) is 32.6 Å². The van der Waals surface area contributed by atoms with Crippen molar-refractivity contribution >= 4 is 18.5 Å². The van der Waals surface area contributed by atoms with Crippen LogP contribution in [0.5, 0.6) is 6.01 Å². The Morgan fingerprint density at radius 1 is 1.18 bits per heavy atom. The SMILES string of the molecule is CC(=O)N1CCC(CCCOc2ncc(B3OC(C)(C)C(C)(C)O3)cn2)CC1. The van der Waals surface area contributed by atoms with Crippen LogP contribution in [0.4, 0.5) is 0 Å². The number of rotatable bonds is 6. The molecule has 2 saturated heterocycles. The van der Waals surface area contributed by atoms with Crippen molar-refractivity contribution in [2.24, 2.45) is 5.92 Å². The molecule has 0 spiro atoms. The van der Waals surface area contributed by atoms with Gasteiger partial charge in [-0.15, -0.1) is 0 Å². The van der Waals surface area contributed by atoms with Gasteiger partial charge in [0.25, 0.3) is 0 Å². The Hall–Kier alpha value is -1.67. The summed E-state index contributed by atoms with van der Waals surface area (Å²) in [5.74, 6) is 0.855. The molecule has 154 valence electrons. The minimum atomic E-state index is -0.458. The average molecular weight is 389 g/mol. The van der Waals surface area contributed by atoms with E-state index in [2.05, 4.69) is 9.97 Å². The number of carbonyl (C=O) groups excluding carboxylic acids is 1. The van der Waals surface area contributed by atoms with Crippen LogP contribution in [0.2, 0.25) is 0 Å². The molecule has 28 heavy (non-hydrogen) atoms. The zero-order chi connectivity index (χ0) is 20.4. The maximum absolute atomic E-state index is 11.4. The molecule has 0 N–H and O–H groups in total. The lowest BCUT2D eigenvalue weighted by molar-refractivity contribution is -0.130. The second-order valence-electron chi connectivity index (χ2n) is 8.83. The van der Waals surface area contributed by atoms with Crippen LogP contribution in [0, 0.1) is 5.92 Å². The molecule has 0 atom stereocenters. The molecule has 0 unspecified atom stereocenters. The summed E-state index contributed by atoms with van der Waals surface area (Å²) in [5, 5.41) is 0. The number of ether oxygens (including phenoxy) is 1. The van der Waals surface area contributed by atoms with Gasteiger partial charge in [-0.2, -0.15) is 0 Å². The van der Waals surface area contributed by atoms with Crippen LogP contribution in [-0.2, 0) is 14.1 Å². The molecule has 0 saturated carbocycles. The van der Waals surface area contributed by atoms with Crippen molar-refractivity contribution in [2.75, 3.05) is 19.7 Å². The Bertz CT molecular complexity index is 657. The number of carbonyl (C=O) groups is 1. The quantitative estimate of drug-likeness (QED) is 0.549. The highest BCUT2D eigenvalue weighted by molar-refractivity contribution is 6.61. The van der Waals surface area contributed by atoms with Crippen LogP contribution in [0.3, 0.4) is 0 Å². The molecule has 2 fully saturated rings. The molecule has 1 amide bonds. The Morgan fingerprint density at radius 3 is 2.29 bits per heavy atom. The first kappa shape index (κ1) is 21.1. The van der Waals surface area contributed by atoms with Crippen molar-refractivity contribution in [1.29, 1.82) is 0 Å². The van der Waals surface area contributed by atoms with E-state index in [1.165, 1.54) is 0 Å². The zero-order valence-electron chi connectivity index (χ0n) is 17.7. The van der Waals surface area contributed by atoms with Gasteiger partial charge in [0.05, 0.1) is 17.8 Å². The lowest BCUT2D eigenvalue weighted by Crippen LogP contribution is -2.41. The summed E-state index contributed by atoms with van der Waals surface area (Å²) in [7, 11) is -0.458. The first-order valence-electron chi connectivity index (χ1n) is 10.2. The van der Waals surface area contributed by atoms with Gasteiger partial charge in [-0.3, -0.25) is 4.79 Å². The second-order valence-corrected chi connectivity index (χ2v) is 8.83. The first-order valence-corrected chi connectivity index (χ1v) is 10.2. The van der Waals surface area contributed by atoms with Gasteiger partial charge < -0.3 is 18.9 Å². The lowest BCUT2D eigenvalue weighted by atomic mass is 9.81. The van der Waals surface area contributed by atoms with Crippen molar-refractivity contribution < 1.29 is 18.8 Å². The van der Waals surface area contributed by atoms with Gasteiger partial charge >= 0.3 is 13.1 Å². The fourth-order valence-corrected chi connectivity index (χ4v) is 3.57. The van der Waals surface area contributed by atoms with Crippen LogP contribution in [0.15, 0.2) is 12.4 Å². The molecular formula is C20H32BN3O4. The minimum absolute atomic E-state index is 0.183. The first-order chi connectivity index (χ1) is 13.2. The number of amides is 1. The number of nitrogens with zero attached hydrogens (tertiary/aromatic N) is 3. The van der Waals surface area contributed by atoms with Crippen LogP contribution < -0.4 is 10.2 Å². The van der Waals surface area contributed by atoms with E-state index in [1.54, 1.807) is 19.3 Å². The van der Waals surface area contributed by atoms with E-state index in [-0.39, 0.29) is 17.1 Å². The van der Waals surface area contributed by atoms with Gasteiger partial charge in [0.15, 0.2) is 0 Å². The predicted molar refractivity (Wildman–Crippen MR) is 107 cm³/mol. The van der Waals surface area contributed by atoms with Gasteiger partial charge in [0.1, 0.15) is 0 Å². The highest BCUT2D eigenvalue weighted by Gasteiger charge is 2.51. The van der Waals surface area contributed by atoms with Crippen LogP contribution >= 0.6 is 0 Å². The molecule has 1 aromatic heterocycles. The second kappa shape index (κ2) is 8.37. The fourth-order valence-electron chi connectivity index (χ4n) is 3.57. The van der Waals surface area contributed by atoms with Gasteiger partial charge in [-0.1, -0.05) is 0 Å². The topological polar surface area (TPSA) is 73.8 Å².